The number of halogens is 2. The number of anilines is 1. The van der Waals surface area contributed by atoms with E-state index in [2.05, 4.69) is 10.1 Å². The number of hydrogen-bond donors (Lipinski definition) is 1. The van der Waals surface area contributed by atoms with E-state index in [4.69, 9.17) is 12.2 Å². The fraction of sp³-hybridized carbons (Fsp3) is 0.261. The first-order valence-corrected chi connectivity index (χ1v) is 11.1. The van der Waals surface area contributed by atoms with Crippen molar-refractivity contribution in [1.29, 1.82) is 0 Å². The third-order valence-electron chi connectivity index (χ3n) is 4.74. The van der Waals surface area contributed by atoms with Crippen molar-refractivity contribution in [2.24, 2.45) is 0 Å². The van der Waals surface area contributed by atoms with Crippen molar-refractivity contribution in [3.8, 4) is 5.75 Å². The van der Waals surface area contributed by atoms with Gasteiger partial charge in [-0.3, -0.25) is 14.5 Å². The summed E-state index contributed by atoms with van der Waals surface area (Å²) in [5.74, 6) is -0.478. The van der Waals surface area contributed by atoms with Gasteiger partial charge in [-0.15, -0.1) is 0 Å². The van der Waals surface area contributed by atoms with Crippen LogP contribution in [0.1, 0.15) is 29.5 Å². The van der Waals surface area contributed by atoms with E-state index >= 15 is 0 Å². The van der Waals surface area contributed by atoms with Gasteiger partial charge >= 0.3 is 6.61 Å². The second-order valence-corrected chi connectivity index (χ2v) is 8.90. The van der Waals surface area contributed by atoms with Crippen LogP contribution in [0.15, 0.2) is 47.4 Å². The van der Waals surface area contributed by atoms with Crippen LogP contribution in [-0.2, 0) is 9.59 Å². The van der Waals surface area contributed by atoms with Crippen molar-refractivity contribution in [3.63, 3.8) is 0 Å². The number of hydrogen-bond acceptors (Lipinski definition) is 5. The van der Waals surface area contributed by atoms with Gasteiger partial charge in [-0.25, -0.2) is 0 Å². The van der Waals surface area contributed by atoms with Crippen LogP contribution in [0.5, 0.6) is 5.75 Å². The Morgan fingerprint density at radius 2 is 2.00 bits per heavy atom. The van der Waals surface area contributed by atoms with Gasteiger partial charge in [-0.1, -0.05) is 59.9 Å². The second-order valence-electron chi connectivity index (χ2n) is 7.22. The van der Waals surface area contributed by atoms with Crippen LogP contribution in [0.3, 0.4) is 0 Å². The Balaban J connectivity index is 1.58. The zero-order valence-corrected chi connectivity index (χ0v) is 19.2. The molecule has 0 radical (unpaired) electrons. The largest absolute Gasteiger partial charge is 0.434 e. The number of alkyl halides is 2. The van der Waals surface area contributed by atoms with E-state index in [0.717, 1.165) is 28.6 Å². The van der Waals surface area contributed by atoms with E-state index in [1.807, 2.05) is 32.0 Å². The molecule has 1 aliphatic heterocycles. The molecule has 0 unspecified atom stereocenters. The lowest BCUT2D eigenvalue weighted by Crippen LogP contribution is -2.29. The molecule has 0 saturated carbocycles. The Bertz CT molecular complexity index is 1070. The van der Waals surface area contributed by atoms with Crippen molar-refractivity contribution >= 4 is 51.9 Å². The van der Waals surface area contributed by atoms with E-state index in [0.29, 0.717) is 21.2 Å². The van der Waals surface area contributed by atoms with Gasteiger partial charge in [-0.05, 0) is 44.0 Å². The first kappa shape index (κ1) is 23.9. The number of aryl methyl sites for hydroxylation is 2. The minimum absolute atomic E-state index is 0.0177. The summed E-state index contributed by atoms with van der Waals surface area (Å²) >= 11 is 6.40. The number of rotatable bonds is 8. The zero-order chi connectivity index (χ0) is 23.3. The molecular weight excluding hydrogens is 454 g/mol. The molecule has 2 aromatic carbocycles. The van der Waals surface area contributed by atoms with Crippen LogP contribution in [0, 0.1) is 13.8 Å². The summed E-state index contributed by atoms with van der Waals surface area (Å²) in [4.78, 5) is 26.8. The number of ether oxygens (including phenoxy) is 1. The van der Waals surface area contributed by atoms with Gasteiger partial charge in [0.25, 0.3) is 5.91 Å². The number of benzene rings is 2. The maximum atomic E-state index is 12.8. The molecular formula is C23H22F2N2O3S2. The maximum Gasteiger partial charge on any atom is 0.387 e. The molecule has 1 heterocycles. The summed E-state index contributed by atoms with van der Waals surface area (Å²) in [5, 5.41) is 2.88. The zero-order valence-electron chi connectivity index (χ0n) is 17.6. The van der Waals surface area contributed by atoms with E-state index < -0.39 is 6.61 Å². The number of nitrogens with zero attached hydrogens (tertiary/aromatic N) is 1. The number of amides is 2. The molecule has 2 amide bonds. The van der Waals surface area contributed by atoms with Crippen molar-refractivity contribution in [1.82, 2.24) is 4.90 Å². The van der Waals surface area contributed by atoms with Crippen LogP contribution in [-0.4, -0.2) is 34.2 Å². The molecule has 0 aromatic heterocycles. The fourth-order valence-corrected chi connectivity index (χ4v) is 4.50. The summed E-state index contributed by atoms with van der Waals surface area (Å²) in [6.07, 6.45) is 2.15. The summed E-state index contributed by atoms with van der Waals surface area (Å²) in [6, 6.07) is 12.0. The summed E-state index contributed by atoms with van der Waals surface area (Å²) in [7, 11) is 0. The molecule has 9 heteroatoms. The fourth-order valence-electron chi connectivity index (χ4n) is 3.20. The third kappa shape index (κ3) is 6.14. The van der Waals surface area contributed by atoms with Gasteiger partial charge in [-0.2, -0.15) is 8.78 Å². The van der Waals surface area contributed by atoms with Gasteiger partial charge in [0.05, 0.1) is 4.91 Å². The molecule has 1 N–H and O–H groups in total. The van der Waals surface area contributed by atoms with Crippen molar-refractivity contribution in [2.75, 3.05) is 11.9 Å². The maximum absolute atomic E-state index is 12.8. The minimum atomic E-state index is -2.96. The molecule has 5 nitrogen and oxygen atoms in total. The number of thiocarbonyl (C=S) groups is 1. The Hall–Kier alpha value is -2.78. The number of carbonyl (C=O) groups is 2. The first-order chi connectivity index (χ1) is 15.2. The normalized spacial score (nSPS) is 15.0. The van der Waals surface area contributed by atoms with Crippen molar-refractivity contribution in [3.05, 3.63) is 64.1 Å². The molecule has 0 aliphatic carbocycles. The molecule has 168 valence electrons. The quantitative estimate of drug-likeness (QED) is 0.401. The van der Waals surface area contributed by atoms with Crippen LogP contribution in [0.4, 0.5) is 14.5 Å². The standard InChI is InChI=1S/C23H22F2N2O3S2/c1-14-9-10-17(15(2)12-14)26-20(28)8-5-11-27-21(29)19(32-23(27)31)13-16-6-3-4-7-18(16)30-22(24)25/h3-4,6-7,9-10,12-13,22H,5,8,11H2,1-2H3,(H,26,28)/b19-13-. The topological polar surface area (TPSA) is 58.6 Å². The smallest absolute Gasteiger partial charge is 0.387 e. The van der Waals surface area contributed by atoms with Crippen molar-refractivity contribution < 1.29 is 23.1 Å². The van der Waals surface area contributed by atoms with Crippen LogP contribution < -0.4 is 10.1 Å². The highest BCUT2D eigenvalue weighted by Gasteiger charge is 2.32. The molecule has 0 atom stereocenters. The van der Waals surface area contributed by atoms with E-state index in [9.17, 15) is 18.4 Å². The second kappa shape index (κ2) is 10.7. The number of para-hydroxylation sites is 1. The van der Waals surface area contributed by atoms with E-state index in [1.54, 1.807) is 18.2 Å². The molecule has 0 spiro atoms. The van der Waals surface area contributed by atoms with E-state index in [-0.39, 0.29) is 30.5 Å². The molecule has 1 fully saturated rings. The molecule has 1 aliphatic rings. The highest BCUT2D eigenvalue weighted by atomic mass is 32.2. The lowest BCUT2D eigenvalue weighted by Gasteiger charge is -2.14. The summed E-state index contributed by atoms with van der Waals surface area (Å²) in [5.41, 5.74) is 3.22. The average Bonchev–Trinajstić information content (AvgIpc) is 2.98. The third-order valence-corrected chi connectivity index (χ3v) is 6.11. The highest BCUT2D eigenvalue weighted by Crippen LogP contribution is 2.34. The first-order valence-electron chi connectivity index (χ1n) is 9.91. The number of carbonyl (C=O) groups excluding carboxylic acids is 2. The van der Waals surface area contributed by atoms with Gasteiger partial charge in [0.1, 0.15) is 10.1 Å². The molecule has 32 heavy (non-hydrogen) atoms. The summed E-state index contributed by atoms with van der Waals surface area (Å²) < 4.78 is 30.1. The molecule has 3 rings (SSSR count). The van der Waals surface area contributed by atoms with Crippen molar-refractivity contribution in [2.45, 2.75) is 33.3 Å². The Kier molecular flexibility index (Phi) is 7.98. The lowest BCUT2D eigenvalue weighted by atomic mass is 10.1. The summed E-state index contributed by atoms with van der Waals surface area (Å²) in [6.45, 7) is 1.24. The number of nitrogens with one attached hydrogen (secondary N) is 1. The van der Waals surface area contributed by atoms with Crippen LogP contribution in [0.25, 0.3) is 6.08 Å². The minimum Gasteiger partial charge on any atom is -0.434 e. The molecule has 1 saturated heterocycles. The van der Waals surface area contributed by atoms with Gasteiger partial charge in [0, 0.05) is 24.2 Å². The van der Waals surface area contributed by atoms with Crippen LogP contribution >= 0.6 is 24.0 Å². The van der Waals surface area contributed by atoms with E-state index in [1.165, 1.54) is 17.0 Å². The molecule has 0 bridgehead atoms. The SMILES string of the molecule is Cc1ccc(NC(=O)CCCN2C(=O)/C(=C/c3ccccc3OC(F)F)SC2=S)c(C)c1. The Labute approximate surface area is 194 Å². The van der Waals surface area contributed by atoms with Gasteiger partial charge < -0.3 is 10.1 Å². The average molecular weight is 477 g/mol. The lowest BCUT2D eigenvalue weighted by molar-refractivity contribution is -0.122. The monoisotopic (exact) mass is 476 g/mol. The van der Waals surface area contributed by atoms with Gasteiger partial charge in [0.2, 0.25) is 5.91 Å². The Morgan fingerprint density at radius 3 is 2.72 bits per heavy atom. The predicted octanol–water partition coefficient (Wildman–Crippen LogP) is 5.52. The number of thioether (sulfide) groups is 1. The highest BCUT2D eigenvalue weighted by molar-refractivity contribution is 8.26. The molecule has 2 aromatic rings. The predicted molar refractivity (Wildman–Crippen MR) is 127 cm³/mol. The van der Waals surface area contributed by atoms with Gasteiger partial charge in [0.15, 0.2) is 0 Å². The van der Waals surface area contributed by atoms with Crippen LogP contribution in [0.2, 0.25) is 0 Å². The Morgan fingerprint density at radius 1 is 1.25 bits per heavy atom.